The Bertz CT molecular complexity index is 1550. The van der Waals surface area contributed by atoms with Crippen LogP contribution >= 0.6 is 7.75 Å². The minimum atomic E-state index is -4.23. The van der Waals surface area contributed by atoms with Gasteiger partial charge in [-0.2, -0.15) is 19.4 Å². The van der Waals surface area contributed by atoms with Crippen LogP contribution in [-0.4, -0.2) is 61.6 Å². The van der Waals surface area contributed by atoms with E-state index in [1.54, 1.807) is 37.3 Å². The molecule has 0 radical (unpaired) electrons. The van der Waals surface area contributed by atoms with Gasteiger partial charge in [-0.15, -0.1) is 0 Å². The number of hydrogen-bond donors (Lipinski definition) is 3. The molecule has 0 saturated carbocycles. The summed E-state index contributed by atoms with van der Waals surface area (Å²) in [5.74, 6) is -0.469. The lowest BCUT2D eigenvalue weighted by molar-refractivity contribution is -0.145. The van der Waals surface area contributed by atoms with Gasteiger partial charge in [-0.3, -0.25) is 13.9 Å². The standard InChI is InChI=1S/C36H56FN6O7P/c1-4-5-6-7-8-9-10-11-12-13-14-15-16-20-23-47-34(45)27(2)42-51(46,50-28-21-18-17-19-22-28)48-25-36(3)29(44)24-30(49-36)43-26-39-31-32(38)40-35(37)41-33(31)43/h17-19,21-22,26-27,29-30,44H,4-16,20,23-25H2,1-3H3,(H,42,46)(H2,38,40,41)/t27-,29-,30+,36+,51?/m0/s1. The van der Waals surface area contributed by atoms with Crippen LogP contribution in [0.1, 0.15) is 123 Å². The first-order valence-corrected chi connectivity index (χ1v) is 20.0. The highest BCUT2D eigenvalue weighted by Crippen LogP contribution is 2.48. The van der Waals surface area contributed by atoms with E-state index in [4.69, 9.17) is 24.3 Å². The number of anilines is 1. The van der Waals surface area contributed by atoms with Gasteiger partial charge in [-0.05, 0) is 32.4 Å². The van der Waals surface area contributed by atoms with E-state index < -0.39 is 43.8 Å². The van der Waals surface area contributed by atoms with Crippen LogP contribution in [0.2, 0.25) is 0 Å². The van der Waals surface area contributed by atoms with E-state index in [1.807, 2.05) is 0 Å². The number of unbranched alkanes of at least 4 members (excludes halogenated alkanes) is 13. The second-order valence-electron chi connectivity index (χ2n) is 13.6. The molecule has 3 heterocycles. The number of nitrogens with one attached hydrogen (secondary N) is 1. The van der Waals surface area contributed by atoms with Crippen LogP contribution in [0.15, 0.2) is 36.7 Å². The summed E-state index contributed by atoms with van der Waals surface area (Å²) in [7, 11) is -4.23. The Morgan fingerprint density at radius 1 is 1.06 bits per heavy atom. The smallest absolute Gasteiger partial charge is 0.459 e. The van der Waals surface area contributed by atoms with Crippen molar-refractivity contribution >= 4 is 30.7 Å². The molecule has 5 atom stereocenters. The summed E-state index contributed by atoms with van der Waals surface area (Å²) in [5.41, 5.74) is 4.70. The van der Waals surface area contributed by atoms with Gasteiger partial charge in [0.25, 0.3) is 0 Å². The molecule has 3 aromatic rings. The lowest BCUT2D eigenvalue weighted by atomic mass is 10.0. The Morgan fingerprint density at radius 2 is 1.67 bits per heavy atom. The fourth-order valence-electron chi connectivity index (χ4n) is 6.11. The number of nitrogens with two attached hydrogens (primary N) is 1. The van der Waals surface area contributed by atoms with Crippen LogP contribution in [0.4, 0.5) is 10.2 Å². The Kier molecular flexibility index (Phi) is 16.1. The molecule has 1 unspecified atom stereocenters. The predicted octanol–water partition coefficient (Wildman–Crippen LogP) is 7.79. The second kappa shape index (κ2) is 20.2. The van der Waals surface area contributed by atoms with Crippen LogP contribution < -0.4 is 15.3 Å². The number of carbonyl (C=O) groups excluding carboxylic acids is 1. The number of halogens is 1. The Morgan fingerprint density at radius 3 is 2.29 bits per heavy atom. The fraction of sp³-hybridized carbons (Fsp3) is 0.667. The molecule has 15 heteroatoms. The molecule has 0 aliphatic carbocycles. The normalized spacial score (nSPS) is 20.7. The van der Waals surface area contributed by atoms with E-state index in [1.165, 1.54) is 88.4 Å². The number of para-hydroxylation sites is 1. The van der Waals surface area contributed by atoms with Crippen LogP contribution in [0.3, 0.4) is 0 Å². The van der Waals surface area contributed by atoms with Gasteiger partial charge in [0.05, 0.1) is 25.6 Å². The van der Waals surface area contributed by atoms with E-state index in [0.29, 0.717) is 0 Å². The van der Waals surface area contributed by atoms with Crippen molar-refractivity contribution in [2.24, 2.45) is 0 Å². The Labute approximate surface area is 300 Å². The van der Waals surface area contributed by atoms with Gasteiger partial charge >= 0.3 is 19.8 Å². The SMILES string of the molecule is CCCCCCCCCCCCCCCCOC(=O)[C@H](C)NP(=O)(OC[C@@]1(C)O[C@@H](n2cnc3c(N)nc(F)nc32)C[C@@H]1O)Oc1ccccc1. The van der Waals surface area contributed by atoms with Crippen molar-refractivity contribution in [1.29, 1.82) is 0 Å². The largest absolute Gasteiger partial charge is 0.465 e. The molecule has 4 rings (SSSR count). The quantitative estimate of drug-likeness (QED) is 0.0353. The molecule has 2 aromatic heterocycles. The zero-order chi connectivity index (χ0) is 36.7. The summed E-state index contributed by atoms with van der Waals surface area (Å²) >= 11 is 0. The number of carbonyl (C=O) groups is 1. The molecule has 0 amide bonds. The highest BCUT2D eigenvalue weighted by atomic mass is 31.2. The van der Waals surface area contributed by atoms with Crippen LogP contribution in [0.25, 0.3) is 11.2 Å². The van der Waals surface area contributed by atoms with Crippen molar-refractivity contribution in [3.8, 4) is 5.75 Å². The van der Waals surface area contributed by atoms with Crippen molar-refractivity contribution in [1.82, 2.24) is 24.6 Å². The van der Waals surface area contributed by atoms with Gasteiger partial charge in [0.15, 0.2) is 17.0 Å². The van der Waals surface area contributed by atoms with Gasteiger partial charge < -0.3 is 24.8 Å². The average Bonchev–Trinajstić information content (AvgIpc) is 3.66. The number of aliphatic hydroxyl groups excluding tert-OH is 1. The lowest BCUT2D eigenvalue weighted by Crippen LogP contribution is -2.42. The minimum Gasteiger partial charge on any atom is -0.465 e. The molecule has 13 nitrogen and oxygen atoms in total. The maximum atomic E-state index is 14.1. The van der Waals surface area contributed by atoms with Crippen molar-refractivity contribution in [3.05, 3.63) is 42.7 Å². The topological polar surface area (TPSA) is 173 Å². The van der Waals surface area contributed by atoms with Gasteiger partial charge in [0.2, 0.25) is 0 Å². The van der Waals surface area contributed by atoms with Crippen molar-refractivity contribution in [2.75, 3.05) is 18.9 Å². The number of aliphatic hydroxyl groups is 1. The number of ether oxygens (including phenoxy) is 2. The Balaban J connectivity index is 1.22. The fourth-order valence-corrected chi connectivity index (χ4v) is 7.69. The summed E-state index contributed by atoms with van der Waals surface area (Å²) < 4.78 is 52.7. The summed E-state index contributed by atoms with van der Waals surface area (Å²) in [6, 6.07) is 7.37. The first kappa shape index (κ1) is 40.6. The molecule has 1 fully saturated rings. The lowest BCUT2D eigenvalue weighted by Gasteiger charge is -2.30. The molecular formula is C36H56FN6O7P. The van der Waals surface area contributed by atoms with Crippen LogP contribution in [-0.2, 0) is 23.4 Å². The molecule has 1 aliphatic heterocycles. The van der Waals surface area contributed by atoms with E-state index in [0.717, 1.165) is 19.3 Å². The van der Waals surface area contributed by atoms with E-state index in [9.17, 15) is 18.9 Å². The molecule has 284 valence electrons. The number of imidazole rings is 1. The third-order valence-electron chi connectivity index (χ3n) is 9.20. The minimum absolute atomic E-state index is 0.0656. The molecule has 51 heavy (non-hydrogen) atoms. The maximum absolute atomic E-state index is 14.1. The van der Waals surface area contributed by atoms with Gasteiger partial charge in [0, 0.05) is 6.42 Å². The number of benzene rings is 1. The summed E-state index contributed by atoms with van der Waals surface area (Å²) in [5, 5.41) is 13.7. The molecule has 0 spiro atoms. The number of esters is 1. The number of fused-ring (bicyclic) bond motifs is 1. The number of nitrogens with zero attached hydrogens (tertiary/aromatic N) is 4. The molecule has 1 saturated heterocycles. The number of nitrogen functional groups attached to an aromatic ring is 1. The monoisotopic (exact) mass is 734 g/mol. The Hall–Kier alpha value is -3.16. The first-order chi connectivity index (χ1) is 24.5. The number of hydrogen-bond acceptors (Lipinski definition) is 11. The van der Waals surface area contributed by atoms with E-state index >= 15 is 0 Å². The zero-order valence-electron chi connectivity index (χ0n) is 30.3. The molecule has 4 N–H and O–H groups in total. The highest BCUT2D eigenvalue weighted by molar-refractivity contribution is 7.52. The van der Waals surface area contributed by atoms with Crippen molar-refractivity contribution in [3.63, 3.8) is 0 Å². The predicted molar refractivity (Wildman–Crippen MR) is 193 cm³/mol. The molecule has 1 aliphatic rings. The van der Waals surface area contributed by atoms with Gasteiger partial charge in [-0.25, -0.2) is 9.55 Å². The van der Waals surface area contributed by atoms with Gasteiger partial charge in [-0.1, -0.05) is 109 Å². The third kappa shape index (κ3) is 12.5. The van der Waals surface area contributed by atoms with Crippen LogP contribution in [0, 0.1) is 6.08 Å². The van der Waals surface area contributed by atoms with Crippen molar-refractivity contribution < 1.29 is 37.4 Å². The zero-order valence-corrected chi connectivity index (χ0v) is 31.2. The summed E-state index contributed by atoms with van der Waals surface area (Å²) in [6.07, 6.45) is 15.7. The second-order valence-corrected chi connectivity index (χ2v) is 15.3. The average molecular weight is 735 g/mol. The van der Waals surface area contributed by atoms with E-state index in [-0.39, 0.29) is 42.4 Å². The first-order valence-electron chi connectivity index (χ1n) is 18.5. The van der Waals surface area contributed by atoms with Gasteiger partial charge in [0.1, 0.15) is 23.6 Å². The summed E-state index contributed by atoms with van der Waals surface area (Å²) in [6.45, 7) is 5.23. The molecular weight excluding hydrogens is 678 g/mol. The van der Waals surface area contributed by atoms with Crippen LogP contribution in [0.5, 0.6) is 5.75 Å². The van der Waals surface area contributed by atoms with Crippen molar-refractivity contribution in [2.45, 2.75) is 141 Å². The third-order valence-corrected chi connectivity index (χ3v) is 10.8. The highest BCUT2D eigenvalue weighted by Gasteiger charge is 2.48. The summed E-state index contributed by atoms with van der Waals surface area (Å²) in [4.78, 5) is 24.3. The molecule has 1 aromatic carbocycles. The number of rotatable bonds is 24. The maximum Gasteiger partial charge on any atom is 0.459 e. The number of aromatic nitrogens is 4. The van der Waals surface area contributed by atoms with E-state index in [2.05, 4.69) is 27.0 Å². The molecule has 0 bridgehead atoms.